The van der Waals surface area contributed by atoms with Crippen LogP contribution in [0.1, 0.15) is 38.0 Å². The topological polar surface area (TPSA) is 105 Å². The van der Waals surface area contributed by atoms with Gasteiger partial charge in [-0.15, -0.1) is 11.3 Å². The summed E-state index contributed by atoms with van der Waals surface area (Å²) in [7, 11) is 0. The van der Waals surface area contributed by atoms with Gasteiger partial charge in [-0.25, -0.2) is 9.78 Å². The molecule has 3 heterocycles. The average molecular weight is 610 g/mol. The van der Waals surface area contributed by atoms with Crippen molar-refractivity contribution >= 4 is 50.0 Å². The maximum absolute atomic E-state index is 12.6. The number of fused-ring (bicyclic) bond motifs is 2. The maximum Gasteiger partial charge on any atom is 0.337 e. The van der Waals surface area contributed by atoms with Gasteiger partial charge in [0.2, 0.25) is 5.56 Å². The summed E-state index contributed by atoms with van der Waals surface area (Å²) in [6.45, 7) is 7.44. The van der Waals surface area contributed by atoms with Crippen molar-refractivity contribution in [2.75, 3.05) is 0 Å². The lowest BCUT2D eigenvalue weighted by atomic mass is 9.91. The van der Waals surface area contributed by atoms with Crippen molar-refractivity contribution in [2.45, 2.75) is 39.4 Å². The van der Waals surface area contributed by atoms with Crippen LogP contribution in [0.3, 0.4) is 0 Å². The van der Waals surface area contributed by atoms with Crippen LogP contribution in [0.25, 0.3) is 54.1 Å². The molecule has 0 spiro atoms. The van der Waals surface area contributed by atoms with Crippen LogP contribution < -0.4 is 5.56 Å². The van der Waals surface area contributed by atoms with Gasteiger partial charge in [-0.1, -0.05) is 29.8 Å². The van der Waals surface area contributed by atoms with Gasteiger partial charge in [0.05, 0.1) is 21.5 Å². The highest BCUT2D eigenvalue weighted by atomic mass is 35.5. The van der Waals surface area contributed by atoms with Crippen LogP contribution in [0, 0.1) is 6.92 Å². The molecule has 2 N–H and O–H groups in total. The Kier molecular flexibility index (Phi) is 7.38. The number of aliphatic carboxylic acids is 1. The number of benzene rings is 3. The molecule has 3 aromatic carbocycles. The molecule has 0 radical (unpaired) electrons. The fourth-order valence-electron chi connectivity index (χ4n) is 5.20. The molecule has 0 saturated heterocycles. The predicted octanol–water partition coefficient (Wildman–Crippen LogP) is 8.44. The number of hydrogen-bond acceptors (Lipinski definition) is 6. The zero-order valence-corrected chi connectivity index (χ0v) is 25.5. The lowest BCUT2D eigenvalue weighted by Gasteiger charge is -2.28. The first-order valence-corrected chi connectivity index (χ1v) is 14.9. The Hall–Kier alpha value is -4.37. The largest absolute Gasteiger partial charge is 0.479 e. The maximum atomic E-state index is 12.6. The van der Waals surface area contributed by atoms with Gasteiger partial charge < -0.3 is 14.8 Å². The highest BCUT2D eigenvalue weighted by molar-refractivity contribution is 7.22. The van der Waals surface area contributed by atoms with E-state index in [0.717, 1.165) is 59.6 Å². The highest BCUT2D eigenvalue weighted by Crippen LogP contribution is 2.44. The molecule has 0 aliphatic rings. The molecular formula is C34H28ClN3O4S. The van der Waals surface area contributed by atoms with Crippen LogP contribution >= 0.6 is 22.9 Å². The number of carboxylic acid groups (broad SMARTS) is 1. The van der Waals surface area contributed by atoms with E-state index in [4.69, 9.17) is 21.3 Å². The number of aromatic nitrogens is 3. The summed E-state index contributed by atoms with van der Waals surface area (Å²) < 4.78 is 6.98. The van der Waals surface area contributed by atoms with Gasteiger partial charge >= 0.3 is 5.97 Å². The molecule has 9 heteroatoms. The zero-order chi connectivity index (χ0) is 30.5. The number of aromatic amines is 1. The van der Waals surface area contributed by atoms with Crippen LogP contribution in [0.4, 0.5) is 0 Å². The minimum absolute atomic E-state index is 0.146. The number of carboxylic acids is 1. The first kappa shape index (κ1) is 28.7. The van der Waals surface area contributed by atoms with Crippen LogP contribution in [-0.2, 0) is 9.53 Å². The summed E-state index contributed by atoms with van der Waals surface area (Å²) in [5.74, 6) is -1.06. The Bertz CT molecular complexity index is 2080. The number of pyridine rings is 2. The molecule has 0 saturated carbocycles. The van der Waals surface area contributed by atoms with Gasteiger partial charge in [-0.05, 0) is 92.7 Å². The molecule has 3 aromatic heterocycles. The third kappa shape index (κ3) is 5.82. The van der Waals surface area contributed by atoms with Gasteiger partial charge in [0, 0.05) is 45.1 Å². The average Bonchev–Trinajstić information content (AvgIpc) is 3.39. The Labute approximate surface area is 256 Å². The molecule has 7 nitrogen and oxygen atoms in total. The smallest absolute Gasteiger partial charge is 0.337 e. The Morgan fingerprint density at radius 1 is 0.977 bits per heavy atom. The molecule has 43 heavy (non-hydrogen) atoms. The number of nitrogens with zero attached hydrogens (tertiary/aromatic N) is 2. The number of nitrogens with one attached hydrogen (secondary N) is 1. The van der Waals surface area contributed by atoms with E-state index in [1.807, 2.05) is 76.2 Å². The number of thiazole rings is 1. The molecule has 0 amide bonds. The van der Waals surface area contributed by atoms with Crippen LogP contribution in [0.15, 0.2) is 83.8 Å². The molecule has 0 aliphatic carbocycles. The van der Waals surface area contributed by atoms with E-state index >= 15 is 0 Å². The summed E-state index contributed by atoms with van der Waals surface area (Å²) in [4.78, 5) is 36.8. The fourth-order valence-corrected chi connectivity index (χ4v) is 6.44. The second-order valence-electron chi connectivity index (χ2n) is 11.4. The highest BCUT2D eigenvalue weighted by Gasteiger charge is 2.32. The van der Waals surface area contributed by atoms with E-state index in [2.05, 4.69) is 9.97 Å². The number of rotatable bonds is 6. The molecule has 0 fully saturated rings. The van der Waals surface area contributed by atoms with E-state index in [1.54, 1.807) is 24.4 Å². The number of H-pyrrole nitrogens is 1. The van der Waals surface area contributed by atoms with Crippen LogP contribution in [0.5, 0.6) is 0 Å². The number of carbonyl (C=O) groups is 1. The normalized spacial score (nSPS) is 12.6. The second-order valence-corrected chi connectivity index (χ2v) is 12.8. The molecule has 216 valence electrons. The van der Waals surface area contributed by atoms with E-state index in [9.17, 15) is 14.7 Å². The number of halogens is 1. The van der Waals surface area contributed by atoms with Gasteiger partial charge in [0.15, 0.2) is 6.10 Å². The molecule has 0 aliphatic heterocycles. The Morgan fingerprint density at radius 2 is 1.72 bits per heavy atom. The SMILES string of the molecule is Cc1cc2nc(-c3ccnc(-c4ccc5[nH]c(=O)ccc5c4)c3)sc2c(-c2ccc(Cl)cc2)c1[C@H](OC(C)(C)C)C(=O)O. The predicted molar refractivity (Wildman–Crippen MR) is 173 cm³/mol. The standard InChI is InChI=1S/C34H28ClN3O4S/c1-18-15-26-31(29(19-5-9-23(35)10-6-19)28(18)30(33(40)41)42-34(2,3)4)43-32(38-26)22-13-14-36-25(17-22)21-7-11-24-20(16-21)8-12-27(39)37-24/h5-17,30H,1-4H3,(H,37,39)(H,40,41)/t30-/m0/s1. The zero-order valence-electron chi connectivity index (χ0n) is 23.9. The van der Waals surface area contributed by atoms with Gasteiger partial charge in [0.25, 0.3) is 0 Å². The van der Waals surface area contributed by atoms with E-state index in [0.29, 0.717) is 10.6 Å². The third-order valence-electron chi connectivity index (χ3n) is 7.04. The molecule has 0 unspecified atom stereocenters. The molecular weight excluding hydrogens is 582 g/mol. The number of hydrogen-bond donors (Lipinski definition) is 2. The molecule has 0 bridgehead atoms. The molecule has 6 aromatic rings. The van der Waals surface area contributed by atoms with Crippen molar-refractivity contribution in [1.29, 1.82) is 0 Å². The van der Waals surface area contributed by atoms with Crippen molar-refractivity contribution < 1.29 is 14.6 Å². The van der Waals surface area contributed by atoms with Gasteiger partial charge in [-0.2, -0.15) is 0 Å². The van der Waals surface area contributed by atoms with Crippen molar-refractivity contribution in [3.05, 3.63) is 105 Å². The van der Waals surface area contributed by atoms with E-state index in [-0.39, 0.29) is 5.56 Å². The van der Waals surface area contributed by atoms with Crippen molar-refractivity contribution in [3.63, 3.8) is 0 Å². The summed E-state index contributed by atoms with van der Waals surface area (Å²) in [6, 6.07) is 22.3. The number of aryl methyl sites for hydroxylation is 1. The summed E-state index contributed by atoms with van der Waals surface area (Å²) in [6.07, 6.45) is 0.568. The third-order valence-corrected chi connectivity index (χ3v) is 8.43. The molecule has 1 atom stereocenters. The first-order valence-electron chi connectivity index (χ1n) is 13.7. The Morgan fingerprint density at radius 3 is 2.44 bits per heavy atom. The summed E-state index contributed by atoms with van der Waals surface area (Å²) in [5, 5.41) is 12.6. The Balaban J connectivity index is 1.52. The van der Waals surface area contributed by atoms with Crippen molar-refractivity contribution in [1.82, 2.24) is 15.0 Å². The molecule has 6 rings (SSSR count). The summed E-state index contributed by atoms with van der Waals surface area (Å²) in [5.41, 5.74) is 6.21. The minimum Gasteiger partial charge on any atom is -0.479 e. The van der Waals surface area contributed by atoms with Crippen LogP contribution in [0.2, 0.25) is 5.02 Å². The van der Waals surface area contributed by atoms with Crippen molar-refractivity contribution in [2.24, 2.45) is 0 Å². The van der Waals surface area contributed by atoms with E-state index in [1.165, 1.54) is 17.4 Å². The fraction of sp³-hybridized carbons (Fsp3) is 0.176. The number of ether oxygens (including phenoxy) is 1. The lowest BCUT2D eigenvalue weighted by molar-refractivity contribution is -0.160. The van der Waals surface area contributed by atoms with Gasteiger partial charge in [-0.3, -0.25) is 9.78 Å². The quantitative estimate of drug-likeness (QED) is 0.196. The lowest BCUT2D eigenvalue weighted by Crippen LogP contribution is -2.28. The summed E-state index contributed by atoms with van der Waals surface area (Å²) >= 11 is 7.72. The monoisotopic (exact) mass is 609 g/mol. The van der Waals surface area contributed by atoms with Crippen molar-refractivity contribution in [3.8, 4) is 33.0 Å². The van der Waals surface area contributed by atoms with Gasteiger partial charge in [0.1, 0.15) is 5.01 Å². The first-order chi connectivity index (χ1) is 20.5. The van der Waals surface area contributed by atoms with Crippen LogP contribution in [-0.4, -0.2) is 31.6 Å². The minimum atomic E-state index is -1.18. The second kappa shape index (κ2) is 11.0. The van der Waals surface area contributed by atoms with E-state index < -0.39 is 17.7 Å².